The Morgan fingerprint density at radius 2 is 1.13 bits per heavy atom. The molecule has 1 aliphatic rings. The van der Waals surface area contributed by atoms with Gasteiger partial charge in [-0.3, -0.25) is 19.2 Å². The van der Waals surface area contributed by atoms with Crippen LogP contribution in [0.1, 0.15) is 40.5 Å². The number of ether oxygens (including phenoxy) is 4. The van der Waals surface area contributed by atoms with Crippen molar-refractivity contribution in [3.05, 3.63) is 0 Å². The minimum absolute atomic E-state index is 0.0256. The summed E-state index contributed by atoms with van der Waals surface area (Å²) in [7, 11) is 0. The minimum Gasteiger partial charge on any atom is -0.465 e. The van der Waals surface area contributed by atoms with Crippen molar-refractivity contribution in [2.45, 2.75) is 58.8 Å². The first kappa shape index (κ1) is 18.9. The van der Waals surface area contributed by atoms with Crippen molar-refractivity contribution in [1.29, 1.82) is 0 Å². The van der Waals surface area contributed by atoms with Crippen molar-refractivity contribution in [3.63, 3.8) is 0 Å². The van der Waals surface area contributed by atoms with E-state index in [0.717, 1.165) is 0 Å². The third-order valence-corrected chi connectivity index (χ3v) is 3.39. The van der Waals surface area contributed by atoms with E-state index in [4.69, 9.17) is 18.9 Å². The highest BCUT2D eigenvalue weighted by molar-refractivity contribution is 5.68. The van der Waals surface area contributed by atoms with Crippen LogP contribution >= 0.6 is 0 Å². The summed E-state index contributed by atoms with van der Waals surface area (Å²) in [6, 6.07) is 0. The van der Waals surface area contributed by atoms with Crippen molar-refractivity contribution in [2.24, 2.45) is 5.92 Å². The SMILES string of the molecule is CC(=O)OC[C@H]1C[C@H](OC(C)=O)[C@H](OC(C)=O)C[C@@H]1OC(C)=O. The Kier molecular flexibility index (Phi) is 6.99. The number of rotatable bonds is 5. The summed E-state index contributed by atoms with van der Waals surface area (Å²) in [5, 5.41) is 0. The largest absolute Gasteiger partial charge is 0.465 e. The monoisotopic (exact) mass is 330 g/mol. The van der Waals surface area contributed by atoms with Gasteiger partial charge in [0.15, 0.2) is 0 Å². The van der Waals surface area contributed by atoms with Crippen LogP contribution in [-0.4, -0.2) is 48.8 Å². The zero-order chi connectivity index (χ0) is 17.6. The van der Waals surface area contributed by atoms with E-state index in [1.165, 1.54) is 27.7 Å². The molecule has 0 saturated heterocycles. The molecule has 0 spiro atoms. The van der Waals surface area contributed by atoms with E-state index in [9.17, 15) is 19.2 Å². The molecule has 8 heteroatoms. The van der Waals surface area contributed by atoms with Crippen molar-refractivity contribution >= 4 is 23.9 Å². The van der Waals surface area contributed by atoms with Crippen molar-refractivity contribution < 1.29 is 38.1 Å². The Bertz CT molecular complexity index is 472. The zero-order valence-electron chi connectivity index (χ0n) is 13.7. The van der Waals surface area contributed by atoms with Crippen LogP contribution in [0.5, 0.6) is 0 Å². The Morgan fingerprint density at radius 1 is 0.696 bits per heavy atom. The molecule has 0 aromatic heterocycles. The van der Waals surface area contributed by atoms with Gasteiger partial charge >= 0.3 is 23.9 Å². The maximum Gasteiger partial charge on any atom is 0.303 e. The lowest BCUT2D eigenvalue weighted by Crippen LogP contribution is -2.48. The predicted octanol–water partition coefficient (Wildman–Crippen LogP) is 0.755. The van der Waals surface area contributed by atoms with Gasteiger partial charge in [0.2, 0.25) is 0 Å². The molecule has 8 nitrogen and oxygen atoms in total. The smallest absolute Gasteiger partial charge is 0.303 e. The first-order chi connectivity index (χ1) is 10.7. The highest BCUT2D eigenvalue weighted by Crippen LogP contribution is 2.32. The van der Waals surface area contributed by atoms with E-state index in [1.807, 2.05) is 0 Å². The number of esters is 4. The van der Waals surface area contributed by atoms with Gasteiger partial charge in [0.1, 0.15) is 18.3 Å². The Balaban J connectivity index is 2.89. The lowest BCUT2D eigenvalue weighted by molar-refractivity contribution is -0.185. The van der Waals surface area contributed by atoms with Crippen molar-refractivity contribution in [2.75, 3.05) is 6.61 Å². The standard InChI is InChI=1S/C15H22O8/c1-8(16)20-7-12-5-14(22-10(3)18)15(23-11(4)19)6-13(12)21-9(2)17/h12-15H,5-7H2,1-4H3/t12-,13+,14+,15-/m1/s1. The van der Waals surface area contributed by atoms with Crippen LogP contribution in [0.2, 0.25) is 0 Å². The summed E-state index contributed by atoms with van der Waals surface area (Å²) in [4.78, 5) is 44.7. The first-order valence-corrected chi connectivity index (χ1v) is 7.34. The molecule has 1 aliphatic carbocycles. The van der Waals surface area contributed by atoms with Crippen LogP contribution in [0.25, 0.3) is 0 Å². The molecule has 0 radical (unpaired) electrons. The molecule has 0 unspecified atom stereocenters. The lowest BCUT2D eigenvalue weighted by Gasteiger charge is -2.39. The van der Waals surface area contributed by atoms with E-state index in [1.54, 1.807) is 0 Å². The van der Waals surface area contributed by atoms with Gasteiger partial charge in [0.25, 0.3) is 0 Å². The summed E-state index contributed by atoms with van der Waals surface area (Å²) in [6.07, 6.45) is -1.56. The molecule has 1 saturated carbocycles. The van der Waals surface area contributed by atoms with E-state index in [-0.39, 0.29) is 25.4 Å². The fourth-order valence-corrected chi connectivity index (χ4v) is 2.61. The van der Waals surface area contributed by atoms with Crippen LogP contribution < -0.4 is 0 Å². The van der Waals surface area contributed by atoms with Crippen molar-refractivity contribution in [3.8, 4) is 0 Å². The molecule has 0 heterocycles. The van der Waals surface area contributed by atoms with E-state index in [2.05, 4.69) is 0 Å². The topological polar surface area (TPSA) is 105 Å². The molecule has 23 heavy (non-hydrogen) atoms. The quantitative estimate of drug-likeness (QED) is 0.537. The Hall–Kier alpha value is -2.12. The fourth-order valence-electron chi connectivity index (χ4n) is 2.61. The maximum absolute atomic E-state index is 11.3. The van der Waals surface area contributed by atoms with Gasteiger partial charge in [-0.05, 0) is 6.42 Å². The predicted molar refractivity (Wildman–Crippen MR) is 76.0 cm³/mol. The summed E-state index contributed by atoms with van der Waals surface area (Å²) in [5.74, 6) is -2.33. The molecule has 0 amide bonds. The van der Waals surface area contributed by atoms with Crippen LogP contribution in [0.15, 0.2) is 0 Å². The second kappa shape index (κ2) is 8.50. The summed E-state index contributed by atoms with van der Waals surface area (Å²) in [5.41, 5.74) is 0. The normalized spacial score (nSPS) is 26.8. The van der Waals surface area contributed by atoms with Gasteiger partial charge in [-0.1, -0.05) is 0 Å². The zero-order valence-corrected chi connectivity index (χ0v) is 13.7. The Labute approximate surface area is 134 Å². The third kappa shape index (κ3) is 6.66. The molecule has 130 valence electrons. The summed E-state index contributed by atoms with van der Waals surface area (Å²) >= 11 is 0. The molecule has 4 atom stereocenters. The number of carbonyl (C=O) groups is 4. The fraction of sp³-hybridized carbons (Fsp3) is 0.733. The van der Waals surface area contributed by atoms with E-state index < -0.39 is 42.2 Å². The van der Waals surface area contributed by atoms with Gasteiger partial charge in [0.05, 0.1) is 6.61 Å². The molecular formula is C15H22O8. The number of hydrogen-bond donors (Lipinski definition) is 0. The van der Waals surface area contributed by atoms with Crippen molar-refractivity contribution in [1.82, 2.24) is 0 Å². The van der Waals surface area contributed by atoms with Gasteiger partial charge in [-0.2, -0.15) is 0 Å². The second-order valence-corrected chi connectivity index (χ2v) is 5.48. The number of carbonyl (C=O) groups excluding carboxylic acids is 4. The maximum atomic E-state index is 11.3. The second-order valence-electron chi connectivity index (χ2n) is 5.48. The average molecular weight is 330 g/mol. The molecule has 1 fully saturated rings. The average Bonchev–Trinajstić information content (AvgIpc) is 2.38. The molecule has 0 aliphatic heterocycles. The highest BCUT2D eigenvalue weighted by Gasteiger charge is 2.42. The molecule has 0 aromatic carbocycles. The van der Waals surface area contributed by atoms with E-state index in [0.29, 0.717) is 0 Å². The summed E-state index contributed by atoms with van der Waals surface area (Å²) in [6.45, 7) is 5.06. The van der Waals surface area contributed by atoms with Crippen LogP contribution in [0.4, 0.5) is 0 Å². The minimum atomic E-state index is -0.714. The summed E-state index contributed by atoms with van der Waals surface area (Å²) < 4.78 is 20.6. The van der Waals surface area contributed by atoms with Gasteiger partial charge < -0.3 is 18.9 Å². The highest BCUT2D eigenvalue weighted by atomic mass is 16.6. The molecular weight excluding hydrogens is 308 g/mol. The molecule has 0 aromatic rings. The lowest BCUT2D eigenvalue weighted by atomic mass is 9.83. The third-order valence-electron chi connectivity index (χ3n) is 3.39. The molecule has 0 bridgehead atoms. The number of hydrogen-bond acceptors (Lipinski definition) is 8. The van der Waals surface area contributed by atoms with Crippen LogP contribution in [-0.2, 0) is 38.1 Å². The van der Waals surface area contributed by atoms with E-state index >= 15 is 0 Å². The van der Waals surface area contributed by atoms with Gasteiger partial charge in [-0.25, -0.2) is 0 Å². The Morgan fingerprint density at radius 3 is 1.57 bits per heavy atom. The molecule has 0 N–H and O–H groups in total. The van der Waals surface area contributed by atoms with Gasteiger partial charge in [-0.15, -0.1) is 0 Å². The molecule has 1 rings (SSSR count). The van der Waals surface area contributed by atoms with Crippen LogP contribution in [0, 0.1) is 5.92 Å². The van der Waals surface area contributed by atoms with Gasteiger partial charge in [0, 0.05) is 40.0 Å². The first-order valence-electron chi connectivity index (χ1n) is 7.34. The van der Waals surface area contributed by atoms with Crippen LogP contribution in [0.3, 0.4) is 0 Å².